The lowest BCUT2D eigenvalue weighted by molar-refractivity contribution is -0.384. The minimum atomic E-state index is -0.565. The summed E-state index contributed by atoms with van der Waals surface area (Å²) in [6, 6.07) is 12.7. The molecule has 1 N–H and O–H groups in total. The molecule has 0 fully saturated rings. The molecule has 2 aromatic rings. The van der Waals surface area contributed by atoms with Crippen LogP contribution in [0.1, 0.15) is 5.56 Å². The number of hydrogen-bond acceptors (Lipinski definition) is 5. The van der Waals surface area contributed by atoms with Crippen LogP contribution in [-0.4, -0.2) is 17.0 Å². The molecule has 0 radical (unpaired) electrons. The highest BCUT2D eigenvalue weighted by Crippen LogP contribution is 2.17. The Morgan fingerprint density at radius 1 is 1.30 bits per heavy atom. The second-order valence-electron chi connectivity index (χ2n) is 4.40. The Kier molecular flexibility index (Phi) is 5.65. The number of carbonyl (C=O) groups excluding carboxylic acids is 1. The molecule has 0 atom stereocenters. The maximum Gasteiger partial charge on any atom is 0.271 e. The second kappa shape index (κ2) is 7.90. The molecule has 0 saturated heterocycles. The topological polar surface area (TPSA) is 93.8 Å². The van der Waals surface area contributed by atoms with Gasteiger partial charge in [0.2, 0.25) is 0 Å². The van der Waals surface area contributed by atoms with Gasteiger partial charge >= 0.3 is 0 Å². The molecule has 0 heterocycles. The van der Waals surface area contributed by atoms with Gasteiger partial charge in [0.25, 0.3) is 11.6 Å². The number of nitrogens with zero attached hydrogens (tertiary/aromatic N) is 2. The zero-order valence-corrected chi connectivity index (χ0v) is 12.6. The molecule has 0 aliphatic rings. The number of nitrogens with one attached hydrogen (secondary N) is 1. The molecule has 7 nitrogen and oxygen atoms in total. The van der Waals surface area contributed by atoms with Crippen molar-refractivity contribution in [3.8, 4) is 0 Å². The van der Waals surface area contributed by atoms with Crippen LogP contribution >= 0.6 is 11.6 Å². The average molecular weight is 334 g/mol. The first-order valence-electron chi connectivity index (χ1n) is 6.50. The largest absolute Gasteiger partial charge is 0.391 e. The monoisotopic (exact) mass is 333 g/mol. The van der Waals surface area contributed by atoms with Gasteiger partial charge in [0.05, 0.1) is 4.92 Å². The number of oxime groups is 1. The first-order valence-corrected chi connectivity index (χ1v) is 6.88. The predicted octanol–water partition coefficient (Wildman–Crippen LogP) is 3.39. The molecule has 0 aliphatic carbocycles. The van der Waals surface area contributed by atoms with Crippen molar-refractivity contribution in [2.75, 3.05) is 5.32 Å². The summed E-state index contributed by atoms with van der Waals surface area (Å²) in [5.74, 6) is -0.565. The quantitative estimate of drug-likeness (QED) is 0.498. The summed E-state index contributed by atoms with van der Waals surface area (Å²) in [5, 5.41) is 17.2. The van der Waals surface area contributed by atoms with E-state index in [1.807, 2.05) is 6.07 Å². The Bertz CT molecular complexity index is 749. The van der Waals surface area contributed by atoms with Crippen molar-refractivity contribution in [2.45, 2.75) is 6.61 Å². The van der Waals surface area contributed by atoms with Crippen LogP contribution < -0.4 is 5.32 Å². The van der Waals surface area contributed by atoms with E-state index in [2.05, 4.69) is 10.5 Å². The highest BCUT2D eigenvalue weighted by Gasteiger charge is 2.07. The van der Waals surface area contributed by atoms with Crippen molar-refractivity contribution in [2.24, 2.45) is 5.16 Å². The SMILES string of the molecule is O=C(/C=N\OCc1ccccc1Cl)Nc1cccc([N+](=O)[O-])c1. The molecule has 1 amide bonds. The van der Waals surface area contributed by atoms with Gasteiger partial charge in [0.15, 0.2) is 0 Å². The van der Waals surface area contributed by atoms with Crippen LogP contribution in [0, 0.1) is 10.1 Å². The number of nitro benzene ring substituents is 1. The minimum Gasteiger partial charge on any atom is -0.391 e. The van der Waals surface area contributed by atoms with Crippen LogP contribution in [0.25, 0.3) is 0 Å². The molecule has 23 heavy (non-hydrogen) atoms. The number of anilines is 1. The van der Waals surface area contributed by atoms with Crippen LogP contribution in [0.5, 0.6) is 0 Å². The van der Waals surface area contributed by atoms with Gasteiger partial charge in [-0.05, 0) is 12.1 Å². The smallest absolute Gasteiger partial charge is 0.271 e. The molecular formula is C15H12ClN3O4. The van der Waals surface area contributed by atoms with Crippen molar-refractivity contribution < 1.29 is 14.6 Å². The average Bonchev–Trinajstić information content (AvgIpc) is 2.53. The molecule has 0 aromatic heterocycles. The maximum absolute atomic E-state index is 11.6. The molecule has 0 bridgehead atoms. The number of rotatable bonds is 6. The van der Waals surface area contributed by atoms with E-state index in [0.29, 0.717) is 10.7 Å². The van der Waals surface area contributed by atoms with E-state index in [9.17, 15) is 14.9 Å². The van der Waals surface area contributed by atoms with Crippen LogP contribution in [-0.2, 0) is 16.2 Å². The van der Waals surface area contributed by atoms with Crippen molar-refractivity contribution in [3.63, 3.8) is 0 Å². The van der Waals surface area contributed by atoms with Gasteiger partial charge in [-0.1, -0.05) is 41.0 Å². The van der Waals surface area contributed by atoms with Gasteiger partial charge in [0.1, 0.15) is 12.8 Å². The summed E-state index contributed by atoms with van der Waals surface area (Å²) in [6.45, 7) is 0.125. The van der Waals surface area contributed by atoms with E-state index >= 15 is 0 Å². The fourth-order valence-corrected chi connectivity index (χ4v) is 1.87. The van der Waals surface area contributed by atoms with Gasteiger partial charge in [-0.2, -0.15) is 0 Å². The Balaban J connectivity index is 1.86. The van der Waals surface area contributed by atoms with E-state index in [4.69, 9.17) is 16.4 Å². The fraction of sp³-hybridized carbons (Fsp3) is 0.0667. The normalized spacial score (nSPS) is 10.5. The molecular weight excluding hydrogens is 322 g/mol. The Morgan fingerprint density at radius 2 is 2.09 bits per heavy atom. The van der Waals surface area contributed by atoms with E-state index in [1.165, 1.54) is 24.3 Å². The molecule has 118 valence electrons. The minimum absolute atomic E-state index is 0.116. The molecule has 2 rings (SSSR count). The van der Waals surface area contributed by atoms with Gasteiger partial charge < -0.3 is 10.2 Å². The molecule has 0 saturated carbocycles. The second-order valence-corrected chi connectivity index (χ2v) is 4.80. The van der Waals surface area contributed by atoms with Crippen molar-refractivity contribution in [1.29, 1.82) is 0 Å². The molecule has 0 spiro atoms. The third-order valence-corrected chi connectivity index (χ3v) is 3.12. The summed E-state index contributed by atoms with van der Waals surface area (Å²) in [7, 11) is 0. The van der Waals surface area contributed by atoms with Crippen molar-refractivity contribution in [1.82, 2.24) is 0 Å². The van der Waals surface area contributed by atoms with Gasteiger partial charge in [0, 0.05) is 28.4 Å². The van der Waals surface area contributed by atoms with Crippen molar-refractivity contribution >= 4 is 35.1 Å². The number of non-ortho nitro benzene ring substituents is 1. The molecule has 0 unspecified atom stereocenters. The molecule has 8 heteroatoms. The van der Waals surface area contributed by atoms with Crippen LogP contribution in [0.3, 0.4) is 0 Å². The van der Waals surface area contributed by atoms with Gasteiger partial charge in [-0.15, -0.1) is 0 Å². The number of halogens is 1. The van der Waals surface area contributed by atoms with E-state index < -0.39 is 10.8 Å². The third-order valence-electron chi connectivity index (χ3n) is 2.75. The van der Waals surface area contributed by atoms with Crippen LogP contribution in [0.2, 0.25) is 5.02 Å². The Labute approximate surface area is 136 Å². The summed E-state index contributed by atoms with van der Waals surface area (Å²) in [4.78, 5) is 26.7. The predicted molar refractivity (Wildman–Crippen MR) is 86.5 cm³/mol. The number of benzene rings is 2. The lowest BCUT2D eigenvalue weighted by atomic mass is 10.2. The fourth-order valence-electron chi connectivity index (χ4n) is 1.68. The summed E-state index contributed by atoms with van der Waals surface area (Å²) in [5.41, 5.74) is 0.918. The zero-order chi connectivity index (χ0) is 16.7. The molecule has 0 aliphatic heterocycles. The van der Waals surface area contributed by atoms with Gasteiger partial charge in [-0.3, -0.25) is 14.9 Å². The maximum atomic E-state index is 11.6. The third kappa shape index (κ3) is 5.08. The van der Waals surface area contributed by atoms with Gasteiger partial charge in [-0.25, -0.2) is 0 Å². The lowest BCUT2D eigenvalue weighted by Gasteiger charge is -2.03. The Hall–Kier alpha value is -2.93. The number of hydrogen-bond donors (Lipinski definition) is 1. The summed E-state index contributed by atoms with van der Waals surface area (Å²) < 4.78 is 0. The van der Waals surface area contributed by atoms with Crippen LogP contribution in [0.4, 0.5) is 11.4 Å². The number of amides is 1. The molecule has 2 aromatic carbocycles. The van der Waals surface area contributed by atoms with E-state index in [0.717, 1.165) is 11.8 Å². The van der Waals surface area contributed by atoms with Crippen LogP contribution in [0.15, 0.2) is 53.7 Å². The zero-order valence-electron chi connectivity index (χ0n) is 11.8. The summed E-state index contributed by atoms with van der Waals surface area (Å²) >= 11 is 5.95. The Morgan fingerprint density at radius 3 is 2.83 bits per heavy atom. The van der Waals surface area contributed by atoms with E-state index in [-0.39, 0.29) is 12.3 Å². The highest BCUT2D eigenvalue weighted by molar-refractivity contribution is 6.31. The first kappa shape index (κ1) is 16.4. The number of carbonyl (C=O) groups is 1. The van der Waals surface area contributed by atoms with Crippen molar-refractivity contribution in [3.05, 3.63) is 69.2 Å². The highest BCUT2D eigenvalue weighted by atomic mass is 35.5. The lowest BCUT2D eigenvalue weighted by Crippen LogP contribution is -2.12. The standard InChI is InChI=1S/C15H12ClN3O4/c16-14-7-2-1-4-11(14)10-23-17-9-15(20)18-12-5-3-6-13(8-12)19(21)22/h1-9H,10H2,(H,18,20)/b17-9-. The number of nitro groups is 1. The van der Waals surface area contributed by atoms with E-state index in [1.54, 1.807) is 18.2 Å². The first-order chi connectivity index (χ1) is 11.1. The summed E-state index contributed by atoms with van der Waals surface area (Å²) in [6.07, 6.45) is 0.940.